The molecule has 1 atom stereocenters. The Morgan fingerprint density at radius 3 is 2.38 bits per heavy atom. The number of fused-ring (bicyclic) bond motifs is 2. The Balaban J connectivity index is 1.23. The van der Waals surface area contributed by atoms with Crippen LogP contribution in [-0.4, -0.2) is 61.0 Å². The van der Waals surface area contributed by atoms with E-state index in [1.165, 1.54) is 19.1 Å². The van der Waals surface area contributed by atoms with Gasteiger partial charge in [0.05, 0.1) is 11.1 Å². The van der Waals surface area contributed by atoms with Crippen molar-refractivity contribution >= 4 is 23.7 Å². The van der Waals surface area contributed by atoms with Crippen LogP contribution in [0.1, 0.15) is 33.2 Å². The van der Waals surface area contributed by atoms with Crippen molar-refractivity contribution < 1.29 is 33.4 Å². The lowest BCUT2D eigenvalue weighted by atomic mass is 10.1. The van der Waals surface area contributed by atoms with Crippen LogP contribution in [-0.2, 0) is 20.7 Å². The summed E-state index contributed by atoms with van der Waals surface area (Å²) in [4.78, 5) is 50.1. The van der Waals surface area contributed by atoms with Crippen LogP contribution in [0.2, 0.25) is 0 Å². The Morgan fingerprint density at radius 1 is 1.03 bits per heavy atom. The third-order valence-electron chi connectivity index (χ3n) is 5.24. The molecule has 166 valence electrons. The first-order valence-electron chi connectivity index (χ1n) is 10.2. The molecular weight excluding hydrogens is 416 g/mol. The lowest BCUT2D eigenvalue weighted by Crippen LogP contribution is -2.44. The van der Waals surface area contributed by atoms with Gasteiger partial charge in [0.25, 0.3) is 17.7 Å². The van der Waals surface area contributed by atoms with Crippen LogP contribution in [0.25, 0.3) is 0 Å². The largest absolute Gasteiger partial charge is 0.486 e. The molecule has 32 heavy (non-hydrogen) atoms. The van der Waals surface area contributed by atoms with Crippen LogP contribution in [0.3, 0.4) is 0 Å². The van der Waals surface area contributed by atoms with Gasteiger partial charge in [-0.05, 0) is 43.2 Å². The fourth-order valence-corrected chi connectivity index (χ4v) is 3.56. The molecule has 3 amide bonds. The van der Waals surface area contributed by atoms with Gasteiger partial charge in [0.2, 0.25) is 0 Å². The number of carbonyl (C=O) groups excluding carboxylic acids is 4. The number of esters is 1. The molecule has 0 fully saturated rings. The van der Waals surface area contributed by atoms with Crippen molar-refractivity contribution in [2.75, 3.05) is 26.4 Å². The van der Waals surface area contributed by atoms with Gasteiger partial charge in [-0.2, -0.15) is 0 Å². The predicted molar refractivity (Wildman–Crippen MR) is 112 cm³/mol. The Kier molecular flexibility index (Phi) is 6.07. The first-order valence-corrected chi connectivity index (χ1v) is 10.2. The average molecular weight is 438 g/mol. The maximum absolute atomic E-state index is 12.5. The van der Waals surface area contributed by atoms with E-state index in [2.05, 4.69) is 5.32 Å². The highest BCUT2D eigenvalue weighted by molar-refractivity contribution is 6.22. The van der Waals surface area contributed by atoms with Gasteiger partial charge in [-0.25, -0.2) is 4.79 Å². The van der Waals surface area contributed by atoms with Crippen molar-refractivity contribution in [3.8, 4) is 11.5 Å². The molecule has 2 aromatic rings. The topological polar surface area (TPSA) is 111 Å². The molecule has 0 aromatic heterocycles. The van der Waals surface area contributed by atoms with Crippen molar-refractivity contribution in [2.24, 2.45) is 0 Å². The molecule has 2 aliphatic rings. The van der Waals surface area contributed by atoms with E-state index in [0.29, 0.717) is 37.7 Å². The highest BCUT2D eigenvalue weighted by atomic mass is 16.6. The summed E-state index contributed by atoms with van der Waals surface area (Å²) < 4.78 is 16.0. The van der Waals surface area contributed by atoms with Gasteiger partial charge in [0.15, 0.2) is 18.1 Å². The smallest absolute Gasteiger partial charge is 0.329 e. The highest BCUT2D eigenvalue weighted by Crippen LogP contribution is 2.30. The van der Waals surface area contributed by atoms with Crippen LogP contribution in [0, 0.1) is 0 Å². The zero-order chi connectivity index (χ0) is 22.7. The molecule has 1 N–H and O–H groups in total. The minimum atomic E-state index is -1.15. The fourth-order valence-electron chi connectivity index (χ4n) is 3.56. The zero-order valence-corrected chi connectivity index (χ0v) is 17.5. The average Bonchev–Trinajstić information content (AvgIpc) is 3.07. The van der Waals surface area contributed by atoms with Crippen molar-refractivity contribution in [1.82, 2.24) is 10.2 Å². The number of imide groups is 1. The second kappa shape index (κ2) is 9.09. The monoisotopic (exact) mass is 438 g/mol. The third kappa shape index (κ3) is 4.27. The Morgan fingerprint density at radius 2 is 1.69 bits per heavy atom. The number of rotatable bonds is 7. The van der Waals surface area contributed by atoms with Crippen LogP contribution >= 0.6 is 0 Å². The molecule has 9 heteroatoms. The van der Waals surface area contributed by atoms with Gasteiger partial charge >= 0.3 is 5.97 Å². The summed E-state index contributed by atoms with van der Waals surface area (Å²) in [6.07, 6.45) is 0.557. The number of ether oxygens (including phenoxy) is 3. The van der Waals surface area contributed by atoms with Gasteiger partial charge in [0.1, 0.15) is 19.3 Å². The third-order valence-corrected chi connectivity index (χ3v) is 5.24. The van der Waals surface area contributed by atoms with E-state index in [9.17, 15) is 19.2 Å². The second-order valence-corrected chi connectivity index (χ2v) is 7.39. The minimum absolute atomic E-state index is 0.244. The number of carbonyl (C=O) groups is 4. The molecule has 0 saturated heterocycles. The molecule has 0 spiro atoms. The number of hydrogen-bond acceptors (Lipinski definition) is 7. The number of amides is 3. The standard InChI is InChI=1S/C23H22N2O7/c1-14(25-21(27)16-4-2-3-5-17(16)22(25)28)23(29)32-13-20(26)24-9-8-15-6-7-18-19(12-15)31-11-10-30-18/h2-7,12,14H,8-11,13H2,1H3,(H,24,26). The summed E-state index contributed by atoms with van der Waals surface area (Å²) in [5, 5.41) is 2.67. The van der Waals surface area contributed by atoms with E-state index in [-0.39, 0.29) is 11.1 Å². The second-order valence-electron chi connectivity index (χ2n) is 7.39. The van der Waals surface area contributed by atoms with Crippen molar-refractivity contribution in [2.45, 2.75) is 19.4 Å². The summed E-state index contributed by atoms with van der Waals surface area (Å²) in [6.45, 7) is 2.24. The van der Waals surface area contributed by atoms with Gasteiger partial charge < -0.3 is 19.5 Å². The zero-order valence-electron chi connectivity index (χ0n) is 17.5. The van der Waals surface area contributed by atoms with Gasteiger partial charge in [-0.3, -0.25) is 19.3 Å². The molecule has 0 radical (unpaired) electrons. The fraction of sp³-hybridized carbons (Fsp3) is 0.304. The van der Waals surface area contributed by atoms with E-state index in [4.69, 9.17) is 14.2 Å². The van der Waals surface area contributed by atoms with E-state index in [1.54, 1.807) is 12.1 Å². The first-order chi connectivity index (χ1) is 15.5. The SMILES string of the molecule is CC(C(=O)OCC(=O)NCCc1ccc2c(c1)OCCO2)N1C(=O)c2ccccc2C1=O. The predicted octanol–water partition coefficient (Wildman–Crippen LogP) is 1.34. The lowest BCUT2D eigenvalue weighted by molar-refractivity contribution is -0.151. The van der Waals surface area contributed by atoms with Crippen molar-refractivity contribution in [1.29, 1.82) is 0 Å². The molecule has 2 aromatic carbocycles. The summed E-state index contributed by atoms with van der Waals surface area (Å²) >= 11 is 0. The molecule has 0 aliphatic carbocycles. The summed E-state index contributed by atoms with van der Waals surface area (Å²) in [7, 11) is 0. The molecular formula is C23H22N2O7. The minimum Gasteiger partial charge on any atom is -0.486 e. The summed E-state index contributed by atoms with van der Waals surface area (Å²) in [6, 6.07) is 10.8. The van der Waals surface area contributed by atoms with E-state index in [0.717, 1.165) is 10.5 Å². The number of benzene rings is 2. The molecule has 0 bridgehead atoms. The maximum atomic E-state index is 12.5. The Bertz CT molecular complexity index is 1050. The van der Waals surface area contributed by atoms with Gasteiger partial charge in [-0.15, -0.1) is 0 Å². The normalized spacial score (nSPS) is 15.2. The highest BCUT2D eigenvalue weighted by Gasteiger charge is 2.41. The van der Waals surface area contributed by atoms with Crippen LogP contribution in [0.4, 0.5) is 0 Å². The first kappa shape index (κ1) is 21.4. The maximum Gasteiger partial charge on any atom is 0.329 e. The molecule has 1 unspecified atom stereocenters. The summed E-state index contributed by atoms with van der Waals surface area (Å²) in [5.41, 5.74) is 1.45. The van der Waals surface area contributed by atoms with Crippen LogP contribution in [0.5, 0.6) is 11.5 Å². The molecule has 4 rings (SSSR count). The number of nitrogens with zero attached hydrogens (tertiary/aromatic N) is 1. The van der Waals surface area contributed by atoms with Crippen LogP contribution in [0.15, 0.2) is 42.5 Å². The molecule has 2 heterocycles. The van der Waals surface area contributed by atoms with Crippen molar-refractivity contribution in [3.63, 3.8) is 0 Å². The summed E-state index contributed by atoms with van der Waals surface area (Å²) in [5.74, 6) is -1.05. The molecule has 0 saturated carbocycles. The Hall–Kier alpha value is -3.88. The molecule has 2 aliphatic heterocycles. The van der Waals surface area contributed by atoms with E-state index < -0.39 is 36.3 Å². The molecule has 9 nitrogen and oxygen atoms in total. The Labute approximate surface area is 184 Å². The number of nitrogens with one attached hydrogen (secondary N) is 1. The van der Waals surface area contributed by atoms with Crippen molar-refractivity contribution in [3.05, 3.63) is 59.2 Å². The number of hydrogen-bond donors (Lipinski definition) is 1. The van der Waals surface area contributed by atoms with Crippen LogP contribution < -0.4 is 14.8 Å². The van der Waals surface area contributed by atoms with E-state index in [1.807, 2.05) is 18.2 Å². The van der Waals surface area contributed by atoms with Gasteiger partial charge in [0, 0.05) is 6.54 Å². The quantitative estimate of drug-likeness (QED) is 0.513. The van der Waals surface area contributed by atoms with E-state index >= 15 is 0 Å². The van der Waals surface area contributed by atoms with Gasteiger partial charge in [-0.1, -0.05) is 18.2 Å². The lowest BCUT2D eigenvalue weighted by Gasteiger charge is -2.20.